The van der Waals surface area contributed by atoms with E-state index < -0.39 is 138 Å². The van der Waals surface area contributed by atoms with Crippen LogP contribution < -0.4 is 9.47 Å². The predicted octanol–water partition coefficient (Wildman–Crippen LogP) is 4.99. The van der Waals surface area contributed by atoms with E-state index in [9.17, 15) is 23.8 Å². The molecule has 1 aliphatic heterocycles. The molecule has 5 rings (SSSR count). The number of fused-ring (bicyclic) bond motifs is 2. The van der Waals surface area contributed by atoms with Crippen molar-refractivity contribution < 1.29 is 61.0 Å². The van der Waals surface area contributed by atoms with Crippen LogP contribution in [0, 0.1) is 5.82 Å². The number of hydrogen-bond acceptors (Lipinski definition) is 5. The Morgan fingerprint density at radius 1 is 1.35 bits per heavy atom. The third-order valence-electron chi connectivity index (χ3n) is 5.96. The van der Waals surface area contributed by atoms with E-state index in [1.807, 2.05) is 0 Å². The van der Waals surface area contributed by atoms with Crippen LogP contribution >= 0.6 is 0 Å². The minimum atomic E-state index is -4.40. The Morgan fingerprint density at radius 2 is 2.08 bits per heavy atom. The summed E-state index contributed by atoms with van der Waals surface area (Å²) in [5.41, 5.74) is -10.5. The van der Waals surface area contributed by atoms with Crippen molar-refractivity contribution in [3.8, 4) is 11.5 Å². The van der Waals surface area contributed by atoms with Crippen LogP contribution in [0.25, 0.3) is 10.9 Å². The summed E-state index contributed by atoms with van der Waals surface area (Å²) in [4.78, 5) is 14.1. The van der Waals surface area contributed by atoms with Crippen molar-refractivity contribution in [1.82, 2.24) is 4.57 Å². The second-order valence-corrected chi connectivity index (χ2v) is 8.45. The highest BCUT2D eigenvalue weighted by Crippen LogP contribution is 2.52. The molecule has 1 aliphatic carbocycles. The zero-order chi connectivity index (χ0) is 41.7. The second-order valence-electron chi connectivity index (χ2n) is 8.45. The molecule has 6 nitrogen and oxygen atoms in total. The number of rotatable bonds is 9. The SMILES string of the molecule is [2H]c1c(CC(=O)C2(c3ccc4c(c3)OC(F)(F)O4)C([2H])([2H])C2([2H])[2H])c(F)c([2H])c2c1c([2H])c(C(C)(C([2H])([2H])[2H])C([2H])([2H])C)n2C([2H])([2H])[C@@]([2H])(O)C([2H])([2H])O. The summed E-state index contributed by atoms with van der Waals surface area (Å²) >= 11 is 0. The zero-order valence-corrected chi connectivity index (χ0v) is 19.1. The fraction of sp³-hybridized carbons (Fsp3) is 0.464. The Bertz CT molecular complexity index is 2080. The third-order valence-corrected chi connectivity index (χ3v) is 5.96. The van der Waals surface area contributed by atoms with E-state index in [1.165, 1.54) is 0 Å². The number of ether oxygens (including phenoxy) is 2. The monoisotopic (exact) mass is 534 g/mol. The summed E-state index contributed by atoms with van der Waals surface area (Å²) in [5, 5.41) is 19.7. The van der Waals surface area contributed by atoms with Crippen LogP contribution in [0.15, 0.2) is 36.3 Å². The van der Waals surface area contributed by atoms with Gasteiger partial charge in [0.25, 0.3) is 0 Å². The van der Waals surface area contributed by atoms with Gasteiger partial charge in [0.15, 0.2) is 11.5 Å². The first-order valence-corrected chi connectivity index (χ1v) is 10.7. The maximum absolute atomic E-state index is 16.4. The summed E-state index contributed by atoms with van der Waals surface area (Å²) in [6.45, 7) is -10.7. The van der Waals surface area contributed by atoms with Gasteiger partial charge in [0.2, 0.25) is 0 Å². The minimum absolute atomic E-state index is 0.226. The van der Waals surface area contributed by atoms with Crippen LogP contribution in [0.1, 0.15) is 79.9 Å². The van der Waals surface area contributed by atoms with Crippen molar-refractivity contribution in [2.45, 2.75) is 75.9 Å². The van der Waals surface area contributed by atoms with Crippen LogP contribution in [0.4, 0.5) is 13.2 Å². The van der Waals surface area contributed by atoms with Crippen LogP contribution in [0.2, 0.25) is 0 Å². The van der Waals surface area contributed by atoms with E-state index in [2.05, 4.69) is 9.47 Å². The van der Waals surface area contributed by atoms with Gasteiger partial charge in [-0.3, -0.25) is 4.79 Å². The molecule has 2 aliphatic rings. The number of hydrogen-bond donors (Lipinski definition) is 2. The Labute approximate surface area is 236 Å². The molecule has 9 heteroatoms. The number of halogens is 3. The van der Waals surface area contributed by atoms with E-state index >= 15 is 4.39 Å². The highest BCUT2D eigenvalue weighted by molar-refractivity contribution is 5.95. The molecular weight excluding hydrogens is 487 g/mol. The lowest BCUT2D eigenvalue weighted by Crippen LogP contribution is -2.26. The van der Waals surface area contributed by atoms with Gasteiger partial charge in [-0.1, -0.05) is 26.8 Å². The first kappa shape index (κ1) is 12.2. The van der Waals surface area contributed by atoms with Gasteiger partial charge in [-0.25, -0.2) is 4.39 Å². The number of benzene rings is 2. The summed E-state index contributed by atoms with van der Waals surface area (Å²) in [5.74, 6) is -4.74. The molecule has 2 aromatic carbocycles. The van der Waals surface area contributed by atoms with Crippen LogP contribution in [0.3, 0.4) is 0 Å². The maximum atomic E-state index is 16.4. The molecule has 198 valence electrons. The molecule has 2 heterocycles. The van der Waals surface area contributed by atoms with Crippen LogP contribution in [0.5, 0.6) is 11.5 Å². The number of carbonyl (C=O) groups excluding carboxylic acids is 1. The molecule has 0 radical (unpaired) electrons. The van der Waals surface area contributed by atoms with Crippen molar-refractivity contribution in [3.05, 3.63) is 59.0 Å². The molecule has 1 fully saturated rings. The molecule has 0 spiro atoms. The van der Waals surface area contributed by atoms with Crippen LogP contribution in [-0.2, 0) is 28.5 Å². The van der Waals surface area contributed by atoms with Gasteiger partial charge >= 0.3 is 6.29 Å². The number of aromatic nitrogens is 1. The Hall–Kier alpha value is -3.04. The third kappa shape index (κ3) is 4.48. The molecule has 0 amide bonds. The van der Waals surface area contributed by atoms with Crippen molar-refractivity contribution in [3.63, 3.8) is 0 Å². The lowest BCUT2D eigenvalue weighted by molar-refractivity contribution is -0.286. The van der Waals surface area contributed by atoms with Gasteiger partial charge in [0.1, 0.15) is 11.6 Å². The average molecular weight is 535 g/mol. The Balaban J connectivity index is 1.84. The lowest BCUT2D eigenvalue weighted by Gasteiger charge is -2.26. The molecule has 0 bridgehead atoms. The van der Waals surface area contributed by atoms with Gasteiger partial charge in [0.05, 0.1) is 41.0 Å². The number of alkyl halides is 2. The lowest BCUT2D eigenvalue weighted by atomic mass is 9.86. The fourth-order valence-electron chi connectivity index (χ4n) is 3.87. The van der Waals surface area contributed by atoms with E-state index in [4.69, 9.17) is 23.3 Å². The maximum Gasteiger partial charge on any atom is 0.586 e. The molecule has 1 unspecified atom stereocenters. The van der Waals surface area contributed by atoms with Gasteiger partial charge in [-0.05, 0) is 60.5 Å². The van der Waals surface area contributed by atoms with E-state index in [1.54, 1.807) is 0 Å². The number of ketones is 1. The number of Topliss-reactive ketones (excluding diaryl/α,β-unsaturated/α-hetero) is 1. The highest BCUT2D eigenvalue weighted by atomic mass is 19.3. The van der Waals surface area contributed by atoms with Crippen molar-refractivity contribution in [2.24, 2.45) is 0 Å². The van der Waals surface area contributed by atoms with E-state index in [0.29, 0.717) is 19.9 Å². The summed E-state index contributed by atoms with van der Waals surface area (Å²) in [7, 11) is 0. The summed E-state index contributed by atoms with van der Waals surface area (Å²) < 4.78 is 194. The minimum Gasteiger partial charge on any atom is -0.395 e. The number of nitrogens with zero attached hydrogens (tertiary/aromatic N) is 1. The standard InChI is InChI=1S/C28H30F3NO5/c1-4-26(2,3)24-10-17-9-16(20(29)13-21(17)32(24)14-19(34)15-33)11-25(35)27(7-8-27)18-5-6-22-23(12-18)37-28(30,31)36-22/h5-6,9-10,12-13,19,33-34H,4,7-8,11,14-15H2,1-3H3/t19-/m1/s1/i2D3,4D2,7D2,8D2,9D,10D,13D,14D2,15D2,19D/t19-,26?. The van der Waals surface area contributed by atoms with Gasteiger partial charge in [-0.2, -0.15) is 0 Å². The van der Waals surface area contributed by atoms with Crippen molar-refractivity contribution in [1.29, 1.82) is 0 Å². The molecule has 2 atom stereocenters. The highest BCUT2D eigenvalue weighted by Gasteiger charge is 2.52. The Kier molecular flexibility index (Phi) is 2.89. The summed E-state index contributed by atoms with van der Waals surface area (Å²) in [6, 6.07) is -1.83. The first-order valence-electron chi connectivity index (χ1n) is 19.2. The van der Waals surface area contributed by atoms with Crippen molar-refractivity contribution >= 4 is 16.7 Å². The van der Waals surface area contributed by atoms with Crippen LogP contribution in [-0.4, -0.2) is 39.5 Å². The van der Waals surface area contributed by atoms with Gasteiger partial charge in [-0.15, -0.1) is 8.78 Å². The van der Waals surface area contributed by atoms with Gasteiger partial charge in [0, 0.05) is 35.3 Å². The van der Waals surface area contributed by atoms with Crippen molar-refractivity contribution in [2.75, 3.05) is 6.56 Å². The van der Waals surface area contributed by atoms with Gasteiger partial charge < -0.3 is 24.3 Å². The molecule has 1 saturated carbocycles. The second kappa shape index (κ2) is 8.77. The topological polar surface area (TPSA) is 80.9 Å². The summed E-state index contributed by atoms with van der Waals surface area (Å²) in [6.07, 6.45) is -19.4. The molecule has 2 N–H and O–H groups in total. The molecular formula is C28H30F3NO5. The quantitative estimate of drug-likeness (QED) is 0.405. The van der Waals surface area contributed by atoms with E-state index in [-0.39, 0.29) is 4.57 Å². The predicted molar refractivity (Wildman–Crippen MR) is 131 cm³/mol. The first-order chi connectivity index (χ1) is 23.9. The largest absolute Gasteiger partial charge is 0.586 e. The average Bonchev–Trinajstić information content (AvgIpc) is 3.25. The Morgan fingerprint density at radius 3 is 2.73 bits per heavy atom. The molecule has 0 saturated heterocycles. The zero-order valence-electron chi connectivity index (χ0n) is 36.1. The molecule has 3 aromatic rings. The molecule has 37 heavy (non-hydrogen) atoms. The fourth-order valence-corrected chi connectivity index (χ4v) is 3.87. The number of carbonyl (C=O) groups is 1. The smallest absolute Gasteiger partial charge is 0.395 e. The normalized spacial score (nSPS) is 31.4. The molecule has 1 aromatic heterocycles. The van der Waals surface area contributed by atoms with E-state index in [0.717, 1.165) is 12.1 Å². The number of aliphatic hydroxyl groups is 2.